The molecule has 1 amide bonds. The van der Waals surface area contributed by atoms with E-state index in [0.717, 1.165) is 18.9 Å². The molecular formula is C12H12Cl2FNO3S. The van der Waals surface area contributed by atoms with Crippen LogP contribution in [0, 0.1) is 11.7 Å². The van der Waals surface area contributed by atoms with Crippen LogP contribution in [0.2, 0.25) is 5.02 Å². The lowest BCUT2D eigenvalue weighted by atomic mass is 10.2. The summed E-state index contributed by atoms with van der Waals surface area (Å²) in [5.41, 5.74) is -0.200. The Labute approximate surface area is 125 Å². The SMILES string of the molecule is CN(CC1CC1)C(=O)c1cc(S(=O)(=O)Cl)cc(F)c1Cl. The summed E-state index contributed by atoms with van der Waals surface area (Å²) < 4.78 is 36.2. The van der Waals surface area contributed by atoms with Gasteiger partial charge < -0.3 is 4.90 Å². The molecule has 110 valence electrons. The Hall–Kier alpha value is -0.850. The Morgan fingerprint density at radius 2 is 2.05 bits per heavy atom. The largest absolute Gasteiger partial charge is 0.341 e. The number of rotatable bonds is 4. The van der Waals surface area contributed by atoms with Gasteiger partial charge in [0, 0.05) is 24.3 Å². The highest BCUT2D eigenvalue weighted by Crippen LogP contribution is 2.31. The molecule has 0 unspecified atom stereocenters. The van der Waals surface area contributed by atoms with Gasteiger partial charge in [-0.1, -0.05) is 11.6 Å². The molecule has 0 radical (unpaired) electrons. The van der Waals surface area contributed by atoms with Gasteiger partial charge in [-0.15, -0.1) is 0 Å². The summed E-state index contributed by atoms with van der Waals surface area (Å²) in [5, 5.41) is -0.401. The Morgan fingerprint density at radius 3 is 2.55 bits per heavy atom. The third kappa shape index (κ3) is 3.42. The summed E-state index contributed by atoms with van der Waals surface area (Å²) >= 11 is 5.75. The smallest absolute Gasteiger partial charge is 0.261 e. The monoisotopic (exact) mass is 339 g/mol. The molecule has 1 aliphatic rings. The molecule has 2 rings (SSSR count). The van der Waals surface area contributed by atoms with E-state index in [1.807, 2.05) is 0 Å². The van der Waals surface area contributed by atoms with E-state index >= 15 is 0 Å². The number of carbonyl (C=O) groups excluding carboxylic acids is 1. The van der Waals surface area contributed by atoms with Crippen LogP contribution in [0.3, 0.4) is 0 Å². The highest BCUT2D eigenvalue weighted by atomic mass is 35.7. The van der Waals surface area contributed by atoms with Crippen molar-refractivity contribution in [3.63, 3.8) is 0 Å². The molecule has 1 saturated carbocycles. The van der Waals surface area contributed by atoms with Crippen LogP contribution in [0.25, 0.3) is 0 Å². The molecule has 0 aliphatic heterocycles. The van der Waals surface area contributed by atoms with E-state index in [9.17, 15) is 17.6 Å². The Kier molecular flexibility index (Phi) is 4.27. The van der Waals surface area contributed by atoms with Gasteiger partial charge in [0.25, 0.3) is 15.0 Å². The number of benzene rings is 1. The molecule has 20 heavy (non-hydrogen) atoms. The zero-order valence-corrected chi connectivity index (χ0v) is 12.9. The molecule has 0 heterocycles. The van der Waals surface area contributed by atoms with Gasteiger partial charge >= 0.3 is 0 Å². The highest BCUT2D eigenvalue weighted by Gasteiger charge is 2.27. The summed E-state index contributed by atoms with van der Waals surface area (Å²) in [4.78, 5) is 13.1. The van der Waals surface area contributed by atoms with E-state index in [0.29, 0.717) is 18.5 Å². The zero-order valence-electron chi connectivity index (χ0n) is 10.6. The predicted molar refractivity (Wildman–Crippen MR) is 74.1 cm³/mol. The zero-order chi connectivity index (χ0) is 15.1. The molecule has 0 spiro atoms. The van der Waals surface area contributed by atoms with Crippen LogP contribution in [-0.2, 0) is 9.05 Å². The minimum Gasteiger partial charge on any atom is -0.341 e. The van der Waals surface area contributed by atoms with Crippen LogP contribution in [0.1, 0.15) is 23.2 Å². The van der Waals surface area contributed by atoms with Crippen LogP contribution in [-0.4, -0.2) is 32.8 Å². The molecule has 0 saturated heterocycles. The lowest BCUT2D eigenvalue weighted by Gasteiger charge is -2.18. The van der Waals surface area contributed by atoms with E-state index < -0.39 is 30.7 Å². The number of halogens is 3. The fourth-order valence-corrected chi connectivity index (χ4v) is 2.80. The third-order valence-electron chi connectivity index (χ3n) is 3.09. The molecule has 0 atom stereocenters. The number of carbonyl (C=O) groups is 1. The van der Waals surface area contributed by atoms with Crippen molar-refractivity contribution in [2.75, 3.05) is 13.6 Å². The van der Waals surface area contributed by atoms with Crippen LogP contribution >= 0.6 is 22.3 Å². The first-order valence-electron chi connectivity index (χ1n) is 5.89. The maximum atomic E-state index is 13.6. The molecule has 0 aromatic heterocycles. The van der Waals surface area contributed by atoms with Crippen molar-refractivity contribution in [2.45, 2.75) is 17.7 Å². The summed E-state index contributed by atoms with van der Waals surface area (Å²) in [7, 11) is 2.61. The van der Waals surface area contributed by atoms with Gasteiger partial charge in [-0.05, 0) is 30.9 Å². The molecule has 1 aromatic rings. The van der Waals surface area contributed by atoms with Gasteiger partial charge in [0.2, 0.25) is 0 Å². The first-order valence-corrected chi connectivity index (χ1v) is 8.58. The van der Waals surface area contributed by atoms with Crippen molar-refractivity contribution in [3.05, 3.63) is 28.5 Å². The van der Waals surface area contributed by atoms with E-state index in [4.69, 9.17) is 22.3 Å². The Balaban J connectivity index is 2.38. The second-order valence-corrected chi connectivity index (χ2v) is 7.78. The van der Waals surface area contributed by atoms with Gasteiger partial charge in [-0.25, -0.2) is 12.8 Å². The topological polar surface area (TPSA) is 54.5 Å². The van der Waals surface area contributed by atoms with E-state index in [-0.39, 0.29) is 5.56 Å². The summed E-state index contributed by atoms with van der Waals surface area (Å²) in [6.07, 6.45) is 2.10. The lowest BCUT2D eigenvalue weighted by Crippen LogP contribution is -2.29. The van der Waals surface area contributed by atoms with E-state index in [1.165, 1.54) is 4.90 Å². The molecular weight excluding hydrogens is 328 g/mol. The number of amides is 1. The Bertz CT molecular complexity index is 659. The van der Waals surface area contributed by atoms with Crippen molar-refractivity contribution >= 4 is 37.2 Å². The van der Waals surface area contributed by atoms with E-state index in [1.54, 1.807) is 7.05 Å². The normalized spacial score (nSPS) is 15.2. The lowest BCUT2D eigenvalue weighted by molar-refractivity contribution is 0.0788. The minimum absolute atomic E-state index is 0.200. The van der Waals surface area contributed by atoms with Crippen molar-refractivity contribution < 1.29 is 17.6 Å². The van der Waals surface area contributed by atoms with Crippen molar-refractivity contribution in [3.8, 4) is 0 Å². The molecule has 0 N–H and O–H groups in total. The van der Waals surface area contributed by atoms with Gasteiger partial charge in [0.1, 0.15) is 5.82 Å². The van der Waals surface area contributed by atoms with Crippen LogP contribution < -0.4 is 0 Å². The molecule has 1 fully saturated rings. The van der Waals surface area contributed by atoms with E-state index in [2.05, 4.69) is 0 Å². The third-order valence-corrected chi connectivity index (χ3v) is 4.81. The molecule has 1 aromatic carbocycles. The highest BCUT2D eigenvalue weighted by molar-refractivity contribution is 8.13. The van der Waals surface area contributed by atoms with Crippen molar-refractivity contribution in [1.29, 1.82) is 0 Å². The fourth-order valence-electron chi connectivity index (χ4n) is 1.84. The van der Waals surface area contributed by atoms with Gasteiger partial charge in [0.05, 0.1) is 15.5 Å². The maximum absolute atomic E-state index is 13.6. The maximum Gasteiger partial charge on any atom is 0.261 e. The summed E-state index contributed by atoms with van der Waals surface area (Å²) in [5.74, 6) is -1.06. The standard InChI is InChI=1S/C12H12Cl2FNO3S/c1-16(6-7-2-3-7)12(17)9-4-8(20(14,18)19)5-10(15)11(9)13/h4-5,7H,2-3,6H2,1H3. The molecule has 4 nitrogen and oxygen atoms in total. The first kappa shape index (κ1) is 15.5. The Morgan fingerprint density at radius 1 is 1.45 bits per heavy atom. The fraction of sp³-hybridized carbons (Fsp3) is 0.417. The van der Waals surface area contributed by atoms with Gasteiger partial charge in [0.15, 0.2) is 0 Å². The predicted octanol–water partition coefficient (Wildman–Crippen LogP) is 2.89. The molecule has 0 bridgehead atoms. The number of hydrogen-bond acceptors (Lipinski definition) is 3. The second-order valence-electron chi connectivity index (χ2n) is 4.83. The van der Waals surface area contributed by atoms with Gasteiger partial charge in [-0.2, -0.15) is 0 Å². The number of nitrogens with zero attached hydrogens (tertiary/aromatic N) is 1. The average Bonchev–Trinajstić information content (AvgIpc) is 3.14. The number of hydrogen-bond donors (Lipinski definition) is 0. The minimum atomic E-state index is -4.13. The first-order chi connectivity index (χ1) is 9.20. The van der Waals surface area contributed by atoms with Gasteiger partial charge in [-0.3, -0.25) is 4.79 Å². The van der Waals surface area contributed by atoms with Crippen molar-refractivity contribution in [1.82, 2.24) is 4.90 Å². The van der Waals surface area contributed by atoms with Crippen molar-refractivity contribution in [2.24, 2.45) is 5.92 Å². The van der Waals surface area contributed by atoms with Crippen LogP contribution in [0.4, 0.5) is 4.39 Å². The van der Waals surface area contributed by atoms with Crippen LogP contribution in [0.15, 0.2) is 17.0 Å². The quantitative estimate of drug-likeness (QED) is 0.792. The summed E-state index contributed by atoms with van der Waals surface area (Å²) in [6, 6.07) is 1.70. The molecule has 1 aliphatic carbocycles. The second kappa shape index (κ2) is 5.50. The average molecular weight is 340 g/mol. The molecule has 8 heteroatoms. The summed E-state index contributed by atoms with van der Waals surface area (Å²) in [6.45, 7) is 0.536. The van der Waals surface area contributed by atoms with Crippen LogP contribution in [0.5, 0.6) is 0 Å².